The number of methoxy groups -OCH3 is 1. The lowest BCUT2D eigenvalue weighted by molar-refractivity contribution is -0.134. The van der Waals surface area contributed by atoms with Crippen molar-refractivity contribution in [1.82, 2.24) is 14.9 Å². The summed E-state index contributed by atoms with van der Waals surface area (Å²) in [6, 6.07) is 14.9. The molecule has 1 atom stereocenters. The van der Waals surface area contributed by atoms with Crippen molar-refractivity contribution in [3.8, 4) is 5.88 Å². The van der Waals surface area contributed by atoms with Gasteiger partial charge in [0.15, 0.2) is 11.9 Å². The normalized spacial score (nSPS) is 14.6. The maximum atomic E-state index is 13.1. The van der Waals surface area contributed by atoms with Crippen molar-refractivity contribution in [2.24, 2.45) is 0 Å². The lowest BCUT2D eigenvalue weighted by Gasteiger charge is -2.25. The first-order valence-electron chi connectivity index (χ1n) is 10.9. The highest BCUT2D eigenvalue weighted by molar-refractivity contribution is 6.10. The molecule has 0 bridgehead atoms. The number of carbonyl (C=O) groups excluding carboxylic acids is 1. The van der Waals surface area contributed by atoms with Crippen LogP contribution in [0.5, 0.6) is 5.88 Å². The monoisotopic (exact) mass is 494 g/mol. The predicted molar refractivity (Wildman–Crippen MR) is 131 cm³/mol. The number of carboxylic acids is 2. The Morgan fingerprint density at radius 1 is 1.03 bits per heavy atom. The minimum Gasteiger partial charge on any atom is -0.481 e. The molecule has 0 spiro atoms. The summed E-state index contributed by atoms with van der Waals surface area (Å²) < 4.78 is 11.3. The van der Waals surface area contributed by atoms with E-state index in [-0.39, 0.29) is 5.91 Å². The average Bonchev–Trinajstić information content (AvgIpc) is 3.14. The molecular formula is C25H26N4O7. The van der Waals surface area contributed by atoms with Gasteiger partial charge in [0, 0.05) is 41.3 Å². The van der Waals surface area contributed by atoms with Gasteiger partial charge in [-0.1, -0.05) is 18.2 Å². The molecule has 1 unspecified atom stereocenters. The molecule has 1 aromatic carbocycles. The van der Waals surface area contributed by atoms with E-state index in [1.165, 1.54) is 0 Å². The molecule has 0 aliphatic carbocycles. The number of carbonyl (C=O) groups is 3. The summed E-state index contributed by atoms with van der Waals surface area (Å²) in [4.78, 5) is 44.9. The number of aliphatic carboxylic acids is 2. The van der Waals surface area contributed by atoms with Gasteiger partial charge in [-0.3, -0.25) is 9.69 Å². The number of amides is 1. The maximum absolute atomic E-state index is 13.1. The minimum atomic E-state index is -1.26. The lowest BCUT2D eigenvalue weighted by atomic mass is 10.1. The van der Waals surface area contributed by atoms with Crippen molar-refractivity contribution in [2.45, 2.75) is 6.23 Å². The zero-order chi connectivity index (χ0) is 26.2. The summed E-state index contributed by atoms with van der Waals surface area (Å²) in [5, 5.41) is 16.5. The number of pyridine rings is 2. The number of hydrogen-bond donors (Lipinski definition) is 2. The highest BCUT2D eigenvalue weighted by Crippen LogP contribution is 2.37. The van der Waals surface area contributed by atoms with Crippen molar-refractivity contribution in [2.75, 3.05) is 39.3 Å². The van der Waals surface area contributed by atoms with Crippen molar-refractivity contribution in [1.29, 1.82) is 0 Å². The van der Waals surface area contributed by atoms with Crippen LogP contribution in [0.25, 0.3) is 11.0 Å². The third-order valence-electron chi connectivity index (χ3n) is 5.06. The zero-order valence-electron chi connectivity index (χ0n) is 20.0. The Labute approximate surface area is 207 Å². The smallest absolute Gasteiger partial charge is 0.328 e. The Balaban J connectivity index is 0.000000392. The van der Waals surface area contributed by atoms with E-state index in [0.717, 1.165) is 17.5 Å². The summed E-state index contributed by atoms with van der Waals surface area (Å²) >= 11 is 0. The van der Waals surface area contributed by atoms with Gasteiger partial charge in [0.05, 0.1) is 13.7 Å². The Bertz CT molecular complexity index is 1280. The molecule has 2 N–H and O–H groups in total. The summed E-state index contributed by atoms with van der Waals surface area (Å²) in [6.07, 6.45) is 0.601. The molecule has 0 fully saturated rings. The first-order chi connectivity index (χ1) is 17.2. The summed E-state index contributed by atoms with van der Waals surface area (Å²) in [6.45, 7) is 1.25. The van der Waals surface area contributed by atoms with Gasteiger partial charge in [-0.15, -0.1) is 0 Å². The molecule has 0 saturated carbocycles. The first kappa shape index (κ1) is 26.3. The fraction of sp³-hybridized carbons (Fsp3) is 0.240. The summed E-state index contributed by atoms with van der Waals surface area (Å²) in [5.41, 5.74) is 2.01. The van der Waals surface area contributed by atoms with Gasteiger partial charge in [0.2, 0.25) is 5.88 Å². The number of carboxylic acid groups (broad SMARTS) is 2. The Hall–Kier alpha value is -4.35. The fourth-order valence-electron chi connectivity index (χ4n) is 3.38. The molecule has 1 amide bonds. The summed E-state index contributed by atoms with van der Waals surface area (Å²) in [7, 11) is 5.53. The standard InChI is InChI=1S/C21H22N4O3.C4H4O4/c1-24(2)12-13-28-21-16-7-5-4-6-15(16)20(26)25(21)17-10-8-14-9-11-18(27-3)23-19(14)22-17;5-3(6)1-2-4(7)8/h4-11,21H,12-13H2,1-3H3;1-2H,(H,5,6)(H,7,8). The molecule has 0 saturated heterocycles. The number of likely N-dealkylation sites (N-methyl/N-ethyl adjacent to an activating group) is 1. The van der Waals surface area contributed by atoms with E-state index >= 15 is 0 Å². The Kier molecular flexibility index (Phi) is 8.66. The van der Waals surface area contributed by atoms with Gasteiger partial charge in [-0.2, -0.15) is 4.98 Å². The quantitative estimate of drug-likeness (QED) is 0.449. The van der Waals surface area contributed by atoms with E-state index in [1.807, 2.05) is 61.5 Å². The Morgan fingerprint density at radius 2 is 1.69 bits per heavy atom. The molecule has 4 rings (SSSR count). The molecule has 36 heavy (non-hydrogen) atoms. The van der Waals surface area contributed by atoms with Crippen LogP contribution in [-0.4, -0.2) is 77.3 Å². The van der Waals surface area contributed by atoms with Crippen LogP contribution in [0.1, 0.15) is 22.1 Å². The number of rotatable bonds is 8. The van der Waals surface area contributed by atoms with Crippen molar-refractivity contribution < 1.29 is 34.1 Å². The highest BCUT2D eigenvalue weighted by Gasteiger charge is 2.39. The average molecular weight is 495 g/mol. The van der Waals surface area contributed by atoms with Crippen LogP contribution in [-0.2, 0) is 14.3 Å². The minimum absolute atomic E-state index is 0.125. The second kappa shape index (κ2) is 11.9. The molecule has 3 aromatic rings. The topological polar surface area (TPSA) is 142 Å². The van der Waals surface area contributed by atoms with E-state index < -0.39 is 18.2 Å². The molecule has 2 aromatic heterocycles. The fourth-order valence-corrected chi connectivity index (χ4v) is 3.38. The van der Waals surface area contributed by atoms with Gasteiger partial charge in [-0.05, 0) is 38.4 Å². The van der Waals surface area contributed by atoms with Gasteiger partial charge in [-0.25, -0.2) is 14.6 Å². The molecule has 11 nitrogen and oxygen atoms in total. The van der Waals surface area contributed by atoms with E-state index in [0.29, 0.717) is 41.7 Å². The van der Waals surface area contributed by atoms with E-state index in [9.17, 15) is 14.4 Å². The van der Waals surface area contributed by atoms with Crippen molar-refractivity contribution >= 4 is 34.7 Å². The van der Waals surface area contributed by atoms with Crippen molar-refractivity contribution in [3.63, 3.8) is 0 Å². The number of hydrogen-bond acceptors (Lipinski definition) is 8. The number of nitrogens with zero attached hydrogens (tertiary/aromatic N) is 4. The van der Waals surface area contributed by atoms with Gasteiger partial charge in [0.1, 0.15) is 5.82 Å². The predicted octanol–water partition coefficient (Wildman–Crippen LogP) is 2.59. The van der Waals surface area contributed by atoms with E-state index in [1.54, 1.807) is 18.1 Å². The van der Waals surface area contributed by atoms with Crippen LogP contribution in [0, 0.1) is 0 Å². The molecule has 188 valence electrons. The van der Waals surface area contributed by atoms with Crippen LogP contribution in [0.4, 0.5) is 5.82 Å². The van der Waals surface area contributed by atoms with E-state index in [2.05, 4.69) is 9.97 Å². The first-order valence-corrected chi connectivity index (χ1v) is 10.9. The maximum Gasteiger partial charge on any atom is 0.328 e. The molecule has 0 radical (unpaired) electrons. The third-order valence-corrected chi connectivity index (χ3v) is 5.06. The largest absolute Gasteiger partial charge is 0.481 e. The van der Waals surface area contributed by atoms with Gasteiger partial charge >= 0.3 is 11.9 Å². The van der Waals surface area contributed by atoms with E-state index in [4.69, 9.17) is 19.7 Å². The highest BCUT2D eigenvalue weighted by atomic mass is 16.5. The second-order valence-electron chi connectivity index (χ2n) is 7.87. The molecule has 1 aliphatic rings. The van der Waals surface area contributed by atoms with Crippen LogP contribution < -0.4 is 9.64 Å². The Morgan fingerprint density at radius 3 is 2.33 bits per heavy atom. The number of fused-ring (bicyclic) bond motifs is 2. The molecule has 3 heterocycles. The number of benzene rings is 1. The summed E-state index contributed by atoms with van der Waals surface area (Å²) in [5.74, 6) is -1.66. The lowest BCUT2D eigenvalue weighted by Crippen LogP contribution is -2.31. The number of aromatic nitrogens is 2. The van der Waals surface area contributed by atoms with Crippen LogP contribution >= 0.6 is 0 Å². The molecule has 1 aliphatic heterocycles. The van der Waals surface area contributed by atoms with Crippen LogP contribution in [0.15, 0.2) is 60.7 Å². The SMILES string of the molecule is COc1ccc2ccc(N3C(=O)c4ccccc4C3OCCN(C)C)nc2n1.O=C(O)C=CC(=O)O. The van der Waals surface area contributed by atoms with Crippen molar-refractivity contribution in [3.05, 3.63) is 71.8 Å². The molecular weight excluding hydrogens is 468 g/mol. The van der Waals surface area contributed by atoms with Crippen LogP contribution in [0.2, 0.25) is 0 Å². The van der Waals surface area contributed by atoms with Gasteiger partial charge < -0.3 is 24.6 Å². The van der Waals surface area contributed by atoms with Crippen LogP contribution in [0.3, 0.4) is 0 Å². The number of ether oxygens (including phenoxy) is 2. The number of anilines is 1. The van der Waals surface area contributed by atoms with Gasteiger partial charge in [0.25, 0.3) is 5.91 Å². The zero-order valence-corrected chi connectivity index (χ0v) is 20.0. The third kappa shape index (κ3) is 6.40. The molecule has 11 heteroatoms. The second-order valence-corrected chi connectivity index (χ2v) is 7.87.